The average Bonchev–Trinajstić information content (AvgIpc) is 3.12. The molecule has 0 unspecified atom stereocenters. The lowest BCUT2D eigenvalue weighted by Gasteiger charge is -2.38. The van der Waals surface area contributed by atoms with E-state index >= 15 is 0 Å². The molecule has 0 spiro atoms. The molecule has 0 aromatic heterocycles. The summed E-state index contributed by atoms with van der Waals surface area (Å²) in [5, 5.41) is 0.275. The number of ether oxygens (including phenoxy) is 1. The molecule has 1 fully saturated rings. The Balaban J connectivity index is 1.88. The van der Waals surface area contributed by atoms with E-state index in [2.05, 4.69) is 63.0 Å². The van der Waals surface area contributed by atoms with Crippen LogP contribution in [0.2, 0.25) is 24.2 Å². The van der Waals surface area contributed by atoms with Gasteiger partial charge in [-0.15, -0.1) is 0 Å². The number of hydrogen-bond donors (Lipinski definition) is 0. The molecule has 0 radical (unpaired) electrons. The smallest absolute Gasteiger partial charge is 0.326 e. The first-order chi connectivity index (χ1) is 17.7. The normalized spacial score (nSPS) is 18.8. The third-order valence-electron chi connectivity index (χ3n) is 8.25. The van der Waals surface area contributed by atoms with Gasteiger partial charge in [0.25, 0.3) is 0 Å². The highest BCUT2D eigenvalue weighted by atomic mass is 28.3. The minimum atomic E-state index is -1.54. The maximum Gasteiger partial charge on any atom is 0.326 e. The van der Waals surface area contributed by atoms with Gasteiger partial charge in [0, 0.05) is 19.1 Å². The quantitative estimate of drug-likeness (QED) is 0.245. The Morgan fingerprint density at radius 3 is 1.87 bits per heavy atom. The predicted molar refractivity (Wildman–Crippen MR) is 159 cm³/mol. The summed E-state index contributed by atoms with van der Waals surface area (Å²) in [7, 11) is -1.54. The highest BCUT2D eigenvalue weighted by molar-refractivity contribution is 6.80. The lowest BCUT2D eigenvalue weighted by Crippen LogP contribution is -2.45. The van der Waals surface area contributed by atoms with Crippen molar-refractivity contribution in [2.24, 2.45) is 0 Å². The molecule has 1 heterocycles. The van der Waals surface area contributed by atoms with Gasteiger partial charge in [0.2, 0.25) is 5.91 Å². The largest absolute Gasteiger partial charge is 0.459 e. The highest BCUT2D eigenvalue weighted by Gasteiger charge is 2.45. The number of rotatable bonds is 10. The Morgan fingerprint density at radius 2 is 1.42 bits per heavy atom. The van der Waals surface area contributed by atoms with E-state index in [1.54, 1.807) is 0 Å². The second kappa shape index (κ2) is 12.2. The van der Waals surface area contributed by atoms with Gasteiger partial charge >= 0.3 is 5.97 Å². The van der Waals surface area contributed by atoms with Gasteiger partial charge in [-0.25, -0.2) is 0 Å². The van der Waals surface area contributed by atoms with Crippen LogP contribution in [0.3, 0.4) is 0 Å². The predicted octanol–water partition coefficient (Wildman–Crippen LogP) is 6.90. The molecule has 38 heavy (non-hydrogen) atoms. The SMILES string of the molecule is CC(C)(C)OC(=O)CN1C(=O)[C@@H](N(Cc2ccccc2)Cc2ccccc2)C[C@H]1CC[Si](C)(C)C(C)(C)C. The zero-order chi connectivity index (χ0) is 28.1. The van der Waals surface area contributed by atoms with Crippen LogP contribution in [-0.2, 0) is 27.4 Å². The van der Waals surface area contributed by atoms with Gasteiger partial charge in [-0.1, -0.05) is 101 Å². The van der Waals surface area contributed by atoms with Gasteiger partial charge in [0.05, 0.1) is 14.1 Å². The molecule has 3 rings (SSSR count). The van der Waals surface area contributed by atoms with E-state index in [9.17, 15) is 9.59 Å². The first kappa shape index (κ1) is 30.1. The summed E-state index contributed by atoms with van der Waals surface area (Å²) in [4.78, 5) is 31.1. The second-order valence-corrected chi connectivity index (χ2v) is 19.3. The van der Waals surface area contributed by atoms with Crippen molar-refractivity contribution in [1.82, 2.24) is 9.80 Å². The van der Waals surface area contributed by atoms with Crippen molar-refractivity contribution >= 4 is 20.0 Å². The molecular weight excluding hydrogens is 488 g/mol. The van der Waals surface area contributed by atoms with Crippen molar-refractivity contribution in [2.75, 3.05) is 6.54 Å². The Morgan fingerprint density at radius 1 is 0.921 bits per heavy atom. The molecule has 2 aromatic rings. The maximum atomic E-state index is 14.0. The highest BCUT2D eigenvalue weighted by Crippen LogP contribution is 2.41. The van der Waals surface area contributed by atoms with Crippen LogP contribution in [0.1, 0.15) is 65.5 Å². The number of benzene rings is 2. The number of hydrogen-bond acceptors (Lipinski definition) is 4. The Bertz CT molecular complexity index is 1020. The molecule has 1 amide bonds. The lowest BCUT2D eigenvalue weighted by molar-refractivity contribution is -0.159. The molecule has 6 heteroatoms. The fourth-order valence-corrected chi connectivity index (χ4v) is 6.78. The van der Waals surface area contributed by atoms with E-state index in [4.69, 9.17) is 4.74 Å². The van der Waals surface area contributed by atoms with Gasteiger partial charge in [-0.05, 0) is 49.8 Å². The third kappa shape index (κ3) is 8.28. The van der Waals surface area contributed by atoms with Crippen molar-refractivity contribution in [3.63, 3.8) is 0 Å². The molecule has 0 saturated carbocycles. The maximum absolute atomic E-state index is 14.0. The number of esters is 1. The molecule has 0 N–H and O–H groups in total. The molecule has 1 aliphatic heterocycles. The van der Waals surface area contributed by atoms with Crippen LogP contribution in [0.25, 0.3) is 0 Å². The molecular formula is C32H48N2O3Si. The minimum Gasteiger partial charge on any atom is -0.459 e. The van der Waals surface area contributed by atoms with Crippen LogP contribution in [0.4, 0.5) is 0 Å². The topological polar surface area (TPSA) is 49.9 Å². The zero-order valence-corrected chi connectivity index (χ0v) is 25.8. The van der Waals surface area contributed by atoms with Crippen LogP contribution >= 0.6 is 0 Å². The first-order valence-electron chi connectivity index (χ1n) is 14.0. The monoisotopic (exact) mass is 536 g/mol. The molecule has 208 valence electrons. The fraction of sp³-hybridized carbons (Fsp3) is 0.562. The van der Waals surface area contributed by atoms with Gasteiger partial charge in [-0.3, -0.25) is 14.5 Å². The van der Waals surface area contributed by atoms with E-state index in [-0.39, 0.29) is 35.5 Å². The van der Waals surface area contributed by atoms with E-state index in [1.807, 2.05) is 62.1 Å². The summed E-state index contributed by atoms with van der Waals surface area (Å²) in [6.07, 6.45) is 1.65. The molecule has 5 nitrogen and oxygen atoms in total. The molecule has 2 atom stereocenters. The summed E-state index contributed by atoms with van der Waals surface area (Å²) in [6, 6.07) is 21.6. The summed E-state index contributed by atoms with van der Waals surface area (Å²) >= 11 is 0. The number of nitrogens with zero attached hydrogens (tertiary/aromatic N) is 2. The number of amides is 1. The zero-order valence-electron chi connectivity index (χ0n) is 24.8. The molecule has 1 aliphatic rings. The van der Waals surface area contributed by atoms with Crippen LogP contribution in [0.15, 0.2) is 60.7 Å². The van der Waals surface area contributed by atoms with Crippen LogP contribution in [0.5, 0.6) is 0 Å². The number of likely N-dealkylation sites (tertiary alicyclic amines) is 1. The van der Waals surface area contributed by atoms with Crippen LogP contribution < -0.4 is 0 Å². The minimum absolute atomic E-state index is 0.0132. The van der Waals surface area contributed by atoms with Crippen molar-refractivity contribution in [3.05, 3.63) is 71.8 Å². The molecule has 2 aromatic carbocycles. The summed E-state index contributed by atoms with van der Waals surface area (Å²) < 4.78 is 5.65. The lowest BCUT2D eigenvalue weighted by atomic mass is 10.1. The first-order valence-corrected chi connectivity index (χ1v) is 17.2. The molecule has 0 aliphatic carbocycles. The Labute approximate surface area is 231 Å². The van der Waals surface area contributed by atoms with Gasteiger partial charge in [0.15, 0.2) is 0 Å². The Hall–Kier alpha value is -2.44. The second-order valence-electron chi connectivity index (χ2n) is 13.5. The molecule has 0 bridgehead atoms. The van der Waals surface area contributed by atoms with E-state index in [0.717, 1.165) is 18.9 Å². The fourth-order valence-electron chi connectivity index (χ4n) is 4.97. The van der Waals surface area contributed by atoms with Crippen molar-refractivity contribution in [1.29, 1.82) is 0 Å². The van der Waals surface area contributed by atoms with Crippen molar-refractivity contribution in [3.8, 4) is 0 Å². The van der Waals surface area contributed by atoms with E-state index in [1.165, 1.54) is 11.1 Å². The van der Waals surface area contributed by atoms with Crippen LogP contribution in [0, 0.1) is 0 Å². The van der Waals surface area contributed by atoms with Crippen LogP contribution in [-0.4, -0.2) is 54.0 Å². The summed E-state index contributed by atoms with van der Waals surface area (Å²) in [6.45, 7) is 18.9. The van der Waals surface area contributed by atoms with E-state index < -0.39 is 13.7 Å². The summed E-state index contributed by atoms with van der Waals surface area (Å²) in [5.74, 6) is -0.288. The number of carbonyl (C=O) groups excluding carboxylic acids is 2. The van der Waals surface area contributed by atoms with Crippen molar-refractivity contribution in [2.45, 2.75) is 109 Å². The molecule has 1 saturated heterocycles. The van der Waals surface area contributed by atoms with Gasteiger partial charge in [0.1, 0.15) is 12.1 Å². The van der Waals surface area contributed by atoms with Gasteiger partial charge in [-0.2, -0.15) is 0 Å². The standard InChI is InChI=1S/C32H48N2O3Si/c1-31(2,3)37-29(35)24-34-27(19-20-38(7,8)32(4,5)6)21-28(30(34)36)33(22-25-15-11-9-12-16-25)23-26-17-13-10-14-18-26/h9-18,27-28H,19-24H2,1-8H3/t27-,28+/m1/s1. The van der Waals surface area contributed by atoms with Crippen molar-refractivity contribution < 1.29 is 14.3 Å². The summed E-state index contributed by atoms with van der Waals surface area (Å²) in [5.41, 5.74) is 1.78. The average molecular weight is 537 g/mol. The Kier molecular flexibility index (Phi) is 9.64. The number of carbonyl (C=O) groups is 2. The van der Waals surface area contributed by atoms with E-state index in [0.29, 0.717) is 13.1 Å². The van der Waals surface area contributed by atoms with Gasteiger partial charge < -0.3 is 9.64 Å². The third-order valence-corrected chi connectivity index (χ3v) is 13.9.